The fourth-order valence-corrected chi connectivity index (χ4v) is 4.65. The van der Waals surface area contributed by atoms with Crippen LogP contribution in [0.1, 0.15) is 47.6 Å². The minimum Gasteiger partial charge on any atom is -0.497 e. The summed E-state index contributed by atoms with van der Waals surface area (Å²) in [5.74, 6) is -0.257. The van der Waals surface area contributed by atoms with Gasteiger partial charge in [0.25, 0.3) is 5.91 Å². The summed E-state index contributed by atoms with van der Waals surface area (Å²) in [4.78, 5) is 26.5. The molecule has 0 bridgehead atoms. The Labute approximate surface area is 169 Å². The molecular formula is C22H25NO4S. The molecule has 0 unspecified atom stereocenters. The summed E-state index contributed by atoms with van der Waals surface area (Å²) in [5.41, 5.74) is 2.61. The molecule has 2 atom stereocenters. The number of ether oxygens (including phenoxy) is 1. The lowest BCUT2D eigenvalue weighted by molar-refractivity contribution is -0.141. The molecule has 0 saturated carbocycles. The van der Waals surface area contributed by atoms with Crippen molar-refractivity contribution in [2.45, 2.75) is 37.6 Å². The van der Waals surface area contributed by atoms with Gasteiger partial charge in [0.2, 0.25) is 0 Å². The van der Waals surface area contributed by atoms with Crippen molar-refractivity contribution in [3.05, 3.63) is 65.2 Å². The maximum atomic E-state index is 13.2. The van der Waals surface area contributed by atoms with Crippen molar-refractivity contribution in [3.8, 4) is 5.75 Å². The molecule has 2 aromatic rings. The second-order valence-corrected chi connectivity index (χ2v) is 8.97. The molecule has 1 amide bonds. The Morgan fingerprint density at radius 3 is 2.18 bits per heavy atom. The standard InChI is InChI=1S/C22H25NO4S/c1-22(2,3)16-9-5-15(6-10-16)20-23(18(13-28-20)21(25)26)19(24)14-7-11-17(27-4)12-8-14/h5-12,18,20H,13H2,1-4H3,(H,25,26)/t18-,20+/m0/s1. The predicted molar refractivity (Wildman–Crippen MR) is 111 cm³/mol. The third-order valence-corrected chi connectivity index (χ3v) is 6.24. The molecule has 1 aliphatic rings. The molecule has 6 heteroatoms. The van der Waals surface area contributed by atoms with Crippen molar-refractivity contribution < 1.29 is 19.4 Å². The molecule has 28 heavy (non-hydrogen) atoms. The molecule has 3 rings (SSSR count). The number of benzene rings is 2. The zero-order chi connectivity index (χ0) is 20.5. The summed E-state index contributed by atoms with van der Waals surface area (Å²) < 4.78 is 5.14. The number of hydrogen-bond donors (Lipinski definition) is 1. The number of carbonyl (C=O) groups excluding carboxylic acids is 1. The Hall–Kier alpha value is -2.47. The summed E-state index contributed by atoms with van der Waals surface area (Å²) in [7, 11) is 1.56. The van der Waals surface area contributed by atoms with Gasteiger partial charge in [0.1, 0.15) is 17.2 Å². The SMILES string of the molecule is COc1ccc(C(=O)N2[C@@H](c3ccc(C(C)(C)C)cc3)SC[C@H]2C(=O)O)cc1. The first-order chi connectivity index (χ1) is 13.2. The van der Waals surface area contributed by atoms with Crippen LogP contribution in [0.2, 0.25) is 0 Å². The van der Waals surface area contributed by atoms with Crippen LogP contribution in [-0.2, 0) is 10.2 Å². The van der Waals surface area contributed by atoms with Gasteiger partial charge < -0.3 is 14.7 Å². The molecule has 5 nitrogen and oxygen atoms in total. The average Bonchev–Trinajstić information content (AvgIpc) is 3.12. The van der Waals surface area contributed by atoms with E-state index < -0.39 is 12.0 Å². The molecule has 0 radical (unpaired) electrons. The van der Waals surface area contributed by atoms with Gasteiger partial charge in [0.15, 0.2) is 0 Å². The highest BCUT2D eigenvalue weighted by Crippen LogP contribution is 2.42. The highest BCUT2D eigenvalue weighted by Gasteiger charge is 2.42. The van der Waals surface area contributed by atoms with Crippen LogP contribution in [0.4, 0.5) is 0 Å². The zero-order valence-electron chi connectivity index (χ0n) is 16.5. The fraction of sp³-hybridized carbons (Fsp3) is 0.364. The number of aliphatic carboxylic acids is 1. The van der Waals surface area contributed by atoms with Crippen LogP contribution in [0.5, 0.6) is 5.75 Å². The van der Waals surface area contributed by atoms with Gasteiger partial charge in [-0.1, -0.05) is 45.0 Å². The summed E-state index contributed by atoms with van der Waals surface area (Å²) in [6, 6.07) is 14.0. The minimum atomic E-state index is -0.983. The number of carboxylic acids is 1. The summed E-state index contributed by atoms with van der Waals surface area (Å²) in [6.07, 6.45) is 0. The number of amides is 1. The number of hydrogen-bond acceptors (Lipinski definition) is 4. The van der Waals surface area contributed by atoms with Gasteiger partial charge in [0, 0.05) is 11.3 Å². The number of carbonyl (C=O) groups is 2. The number of carboxylic acid groups (broad SMARTS) is 1. The van der Waals surface area contributed by atoms with E-state index in [2.05, 4.69) is 32.9 Å². The lowest BCUT2D eigenvalue weighted by atomic mass is 9.86. The Balaban J connectivity index is 1.93. The molecule has 0 aromatic heterocycles. The maximum Gasteiger partial charge on any atom is 0.327 e. The second-order valence-electron chi connectivity index (χ2n) is 7.85. The molecular weight excluding hydrogens is 374 g/mol. The van der Waals surface area contributed by atoms with Crippen LogP contribution in [-0.4, -0.2) is 40.8 Å². The highest BCUT2D eigenvalue weighted by atomic mass is 32.2. The van der Waals surface area contributed by atoms with Gasteiger partial charge in [-0.25, -0.2) is 4.79 Å². The maximum absolute atomic E-state index is 13.2. The van der Waals surface area contributed by atoms with Crippen LogP contribution in [0.25, 0.3) is 0 Å². The first kappa shape index (κ1) is 20.3. The smallest absolute Gasteiger partial charge is 0.327 e. The molecule has 1 aliphatic heterocycles. The molecule has 1 N–H and O–H groups in total. The van der Waals surface area contributed by atoms with E-state index in [0.717, 1.165) is 5.56 Å². The highest BCUT2D eigenvalue weighted by molar-refractivity contribution is 7.99. The Bertz CT molecular complexity index is 856. The summed E-state index contributed by atoms with van der Waals surface area (Å²) >= 11 is 1.48. The minimum absolute atomic E-state index is 0.0313. The lowest BCUT2D eigenvalue weighted by Gasteiger charge is -2.28. The third-order valence-electron chi connectivity index (χ3n) is 4.92. The van der Waals surface area contributed by atoms with Crippen LogP contribution in [0, 0.1) is 0 Å². The molecule has 0 aliphatic carbocycles. The van der Waals surface area contributed by atoms with Crippen molar-refractivity contribution in [1.82, 2.24) is 4.90 Å². The first-order valence-corrected chi connectivity index (χ1v) is 10.2. The van der Waals surface area contributed by atoms with Crippen molar-refractivity contribution in [1.29, 1.82) is 0 Å². The normalized spacial score (nSPS) is 19.5. The van der Waals surface area contributed by atoms with E-state index in [1.807, 2.05) is 12.1 Å². The van der Waals surface area contributed by atoms with Crippen LogP contribution in [0.3, 0.4) is 0 Å². The average molecular weight is 400 g/mol. The molecule has 1 saturated heterocycles. The van der Waals surface area contributed by atoms with Crippen molar-refractivity contribution in [3.63, 3.8) is 0 Å². The van der Waals surface area contributed by atoms with Crippen molar-refractivity contribution in [2.75, 3.05) is 12.9 Å². The largest absolute Gasteiger partial charge is 0.497 e. The number of nitrogens with zero attached hydrogens (tertiary/aromatic N) is 1. The van der Waals surface area contributed by atoms with Crippen LogP contribution in [0.15, 0.2) is 48.5 Å². The van der Waals surface area contributed by atoms with Gasteiger partial charge in [-0.15, -0.1) is 11.8 Å². The summed E-state index contributed by atoms with van der Waals surface area (Å²) in [6.45, 7) is 6.44. The van der Waals surface area contributed by atoms with E-state index in [9.17, 15) is 14.7 Å². The quantitative estimate of drug-likeness (QED) is 0.829. The van der Waals surface area contributed by atoms with Gasteiger partial charge >= 0.3 is 5.97 Å². The monoisotopic (exact) mass is 399 g/mol. The van der Waals surface area contributed by atoms with E-state index in [1.165, 1.54) is 22.2 Å². The van der Waals surface area contributed by atoms with Gasteiger partial charge in [-0.3, -0.25) is 4.79 Å². The lowest BCUT2D eigenvalue weighted by Crippen LogP contribution is -2.42. The first-order valence-electron chi connectivity index (χ1n) is 9.14. The van der Waals surface area contributed by atoms with Crippen LogP contribution >= 0.6 is 11.8 Å². The molecule has 1 heterocycles. The van der Waals surface area contributed by atoms with E-state index in [-0.39, 0.29) is 16.7 Å². The zero-order valence-corrected chi connectivity index (χ0v) is 17.3. The van der Waals surface area contributed by atoms with E-state index in [1.54, 1.807) is 31.4 Å². The van der Waals surface area contributed by atoms with Gasteiger partial charge in [-0.05, 0) is 40.8 Å². The van der Waals surface area contributed by atoms with Crippen LogP contribution < -0.4 is 4.74 Å². The van der Waals surface area contributed by atoms with Crippen molar-refractivity contribution >= 4 is 23.6 Å². The molecule has 2 aromatic carbocycles. The van der Waals surface area contributed by atoms with E-state index in [0.29, 0.717) is 17.1 Å². The number of rotatable bonds is 4. The Morgan fingerprint density at radius 1 is 1.07 bits per heavy atom. The van der Waals surface area contributed by atoms with Gasteiger partial charge in [-0.2, -0.15) is 0 Å². The van der Waals surface area contributed by atoms with Crippen molar-refractivity contribution in [2.24, 2.45) is 0 Å². The molecule has 148 valence electrons. The topological polar surface area (TPSA) is 66.8 Å². The molecule has 1 fully saturated rings. The summed E-state index contributed by atoms with van der Waals surface area (Å²) in [5, 5.41) is 9.32. The second kappa shape index (κ2) is 7.87. The van der Waals surface area contributed by atoms with Gasteiger partial charge in [0.05, 0.1) is 7.11 Å². The Kier molecular flexibility index (Phi) is 5.70. The third kappa shape index (κ3) is 4.02. The number of thioether (sulfide) groups is 1. The number of methoxy groups -OCH3 is 1. The Morgan fingerprint density at radius 2 is 1.68 bits per heavy atom. The fourth-order valence-electron chi connectivity index (χ4n) is 3.23. The predicted octanol–water partition coefficient (Wildman–Crippen LogP) is 4.33. The van der Waals surface area contributed by atoms with E-state index in [4.69, 9.17) is 4.74 Å². The molecule has 0 spiro atoms. The van der Waals surface area contributed by atoms with E-state index >= 15 is 0 Å².